The summed E-state index contributed by atoms with van der Waals surface area (Å²) in [6.07, 6.45) is 0.262. The van der Waals surface area contributed by atoms with Gasteiger partial charge in [0.05, 0.1) is 17.7 Å². The Morgan fingerprint density at radius 2 is 1.51 bits per heavy atom. The van der Waals surface area contributed by atoms with Crippen LogP contribution >= 0.6 is 34.8 Å². The van der Waals surface area contributed by atoms with Crippen molar-refractivity contribution in [2.45, 2.75) is 50.7 Å². The summed E-state index contributed by atoms with van der Waals surface area (Å²) in [4.78, 5) is 28.6. The summed E-state index contributed by atoms with van der Waals surface area (Å²) in [5.74, 6) is -0.531. The third kappa shape index (κ3) is 8.07. The summed E-state index contributed by atoms with van der Waals surface area (Å²) < 4.78 is 34.0. The van der Waals surface area contributed by atoms with Crippen LogP contribution in [-0.4, -0.2) is 50.9 Å². The molecule has 1 N–H and O–H groups in total. The monoisotopic (exact) mass is 639 g/mol. The van der Waals surface area contributed by atoms with Crippen molar-refractivity contribution in [1.29, 1.82) is 0 Å². The van der Waals surface area contributed by atoms with Crippen LogP contribution in [0, 0.1) is 0 Å². The van der Waals surface area contributed by atoms with Gasteiger partial charge in [-0.05, 0) is 80.9 Å². The van der Waals surface area contributed by atoms with Crippen LogP contribution in [-0.2, 0) is 26.2 Å². The molecule has 0 saturated carbocycles. The second kappa shape index (κ2) is 14.3. The van der Waals surface area contributed by atoms with E-state index < -0.39 is 28.5 Å². The molecule has 0 spiro atoms. The number of hydrogen-bond donors (Lipinski definition) is 1. The Hall–Kier alpha value is -2.98. The second-order valence-electron chi connectivity index (χ2n) is 9.47. The maximum atomic E-state index is 14.1. The number of halogens is 3. The molecule has 3 aromatic rings. The van der Waals surface area contributed by atoms with Crippen molar-refractivity contribution in [1.82, 2.24) is 10.2 Å². The largest absolute Gasteiger partial charge is 0.497 e. The number of benzene rings is 3. The molecule has 0 fully saturated rings. The van der Waals surface area contributed by atoms with Gasteiger partial charge in [-0.1, -0.05) is 47.8 Å². The third-order valence-electron chi connectivity index (χ3n) is 6.25. The quantitative estimate of drug-likeness (QED) is 0.255. The van der Waals surface area contributed by atoms with E-state index in [-0.39, 0.29) is 35.5 Å². The highest BCUT2D eigenvalue weighted by atomic mass is 35.5. The van der Waals surface area contributed by atoms with Crippen LogP contribution in [0.5, 0.6) is 5.75 Å². The van der Waals surface area contributed by atoms with Crippen molar-refractivity contribution < 1.29 is 22.7 Å². The van der Waals surface area contributed by atoms with Gasteiger partial charge in [0.1, 0.15) is 18.3 Å². The maximum absolute atomic E-state index is 14.1. The molecule has 0 unspecified atom stereocenters. The van der Waals surface area contributed by atoms with E-state index in [0.29, 0.717) is 26.4 Å². The summed E-state index contributed by atoms with van der Waals surface area (Å²) in [5, 5.41) is 3.87. The lowest BCUT2D eigenvalue weighted by Crippen LogP contribution is -2.53. The van der Waals surface area contributed by atoms with E-state index in [1.165, 1.54) is 60.5 Å². The van der Waals surface area contributed by atoms with Crippen molar-refractivity contribution in [3.63, 3.8) is 0 Å². The first-order valence-corrected chi connectivity index (χ1v) is 15.4. The van der Waals surface area contributed by atoms with Gasteiger partial charge >= 0.3 is 0 Å². The Kier molecular flexibility index (Phi) is 11.3. The molecular weight excluding hydrogens is 609 g/mol. The molecule has 41 heavy (non-hydrogen) atoms. The number of nitrogens with one attached hydrogen (secondary N) is 1. The highest BCUT2D eigenvalue weighted by Crippen LogP contribution is 2.29. The van der Waals surface area contributed by atoms with Crippen LogP contribution in [0.1, 0.15) is 32.8 Å². The fraction of sp³-hybridized carbons (Fsp3) is 0.310. The highest BCUT2D eigenvalue weighted by molar-refractivity contribution is 7.92. The van der Waals surface area contributed by atoms with Crippen molar-refractivity contribution in [3.8, 4) is 5.75 Å². The Labute approximate surface area is 256 Å². The number of methoxy groups -OCH3 is 1. The fourth-order valence-corrected chi connectivity index (χ4v) is 6.22. The van der Waals surface area contributed by atoms with Gasteiger partial charge in [0.25, 0.3) is 10.0 Å². The minimum Gasteiger partial charge on any atom is -0.497 e. The standard InChI is InChI=1S/C29H32Cl3N3O5S/c1-5-27(29(37)33-19(2)3)34(17-24-25(31)7-6-8-26(24)32)28(36)18-35(21-11-9-20(30)10-12-21)41(38,39)23-15-13-22(40-4)14-16-23/h6-16,19,27H,5,17-18H2,1-4H3,(H,33,37)/t27-/m1/s1. The van der Waals surface area contributed by atoms with Crippen molar-refractivity contribution in [2.24, 2.45) is 0 Å². The first-order valence-electron chi connectivity index (χ1n) is 12.8. The van der Waals surface area contributed by atoms with Gasteiger partial charge in [0, 0.05) is 33.2 Å². The summed E-state index contributed by atoms with van der Waals surface area (Å²) >= 11 is 18.9. The number of amides is 2. The molecule has 0 heterocycles. The van der Waals surface area contributed by atoms with Gasteiger partial charge in [-0.2, -0.15) is 0 Å². The van der Waals surface area contributed by atoms with Gasteiger partial charge in [0.15, 0.2) is 0 Å². The molecular formula is C29H32Cl3N3O5S. The highest BCUT2D eigenvalue weighted by Gasteiger charge is 2.34. The van der Waals surface area contributed by atoms with Crippen LogP contribution in [0.4, 0.5) is 5.69 Å². The van der Waals surface area contributed by atoms with Gasteiger partial charge in [-0.25, -0.2) is 8.42 Å². The van der Waals surface area contributed by atoms with E-state index in [1.807, 2.05) is 13.8 Å². The molecule has 2 amide bonds. The minimum absolute atomic E-state index is 0.0497. The number of rotatable bonds is 12. The molecule has 0 bridgehead atoms. The molecule has 3 rings (SSSR count). The molecule has 0 saturated heterocycles. The molecule has 0 aliphatic rings. The van der Waals surface area contributed by atoms with Crippen LogP contribution in [0.15, 0.2) is 71.6 Å². The lowest BCUT2D eigenvalue weighted by Gasteiger charge is -2.34. The fourth-order valence-electron chi connectivity index (χ4n) is 4.16. The lowest BCUT2D eigenvalue weighted by molar-refractivity contribution is -0.140. The number of carbonyl (C=O) groups is 2. The van der Waals surface area contributed by atoms with E-state index in [1.54, 1.807) is 25.1 Å². The van der Waals surface area contributed by atoms with Gasteiger partial charge in [0.2, 0.25) is 11.8 Å². The summed E-state index contributed by atoms with van der Waals surface area (Å²) in [6, 6.07) is 15.7. The number of nitrogens with zero attached hydrogens (tertiary/aromatic N) is 2. The van der Waals surface area contributed by atoms with E-state index >= 15 is 0 Å². The van der Waals surface area contributed by atoms with Gasteiger partial charge < -0.3 is 15.0 Å². The molecule has 3 aromatic carbocycles. The molecule has 0 radical (unpaired) electrons. The second-order valence-corrected chi connectivity index (χ2v) is 12.6. The number of carbonyl (C=O) groups excluding carboxylic acids is 2. The molecule has 0 aromatic heterocycles. The molecule has 0 aliphatic carbocycles. The Balaban J connectivity index is 2.10. The van der Waals surface area contributed by atoms with E-state index in [2.05, 4.69) is 5.32 Å². The van der Waals surface area contributed by atoms with Gasteiger partial charge in [-0.15, -0.1) is 0 Å². The third-order valence-corrected chi connectivity index (χ3v) is 9.00. The predicted octanol–water partition coefficient (Wildman–Crippen LogP) is 6.18. The minimum atomic E-state index is -4.25. The van der Waals surface area contributed by atoms with E-state index in [9.17, 15) is 18.0 Å². The maximum Gasteiger partial charge on any atom is 0.264 e. The van der Waals surface area contributed by atoms with Crippen LogP contribution in [0.2, 0.25) is 15.1 Å². The van der Waals surface area contributed by atoms with Gasteiger partial charge in [-0.3, -0.25) is 13.9 Å². The van der Waals surface area contributed by atoms with Crippen molar-refractivity contribution in [3.05, 3.63) is 87.4 Å². The zero-order valence-electron chi connectivity index (χ0n) is 23.1. The number of sulfonamides is 1. The lowest BCUT2D eigenvalue weighted by atomic mass is 10.1. The number of ether oxygens (including phenoxy) is 1. The topological polar surface area (TPSA) is 96.0 Å². The zero-order chi connectivity index (χ0) is 30.3. The van der Waals surface area contributed by atoms with E-state index in [0.717, 1.165) is 4.31 Å². The first kappa shape index (κ1) is 32.5. The Morgan fingerprint density at radius 1 is 0.927 bits per heavy atom. The Morgan fingerprint density at radius 3 is 2.02 bits per heavy atom. The number of hydrogen-bond acceptors (Lipinski definition) is 5. The zero-order valence-corrected chi connectivity index (χ0v) is 26.2. The summed E-state index contributed by atoms with van der Waals surface area (Å²) in [5.41, 5.74) is 0.657. The normalized spacial score (nSPS) is 12.1. The number of anilines is 1. The van der Waals surface area contributed by atoms with Crippen molar-refractivity contribution >= 4 is 62.3 Å². The SMILES string of the molecule is CC[C@H](C(=O)NC(C)C)N(Cc1c(Cl)cccc1Cl)C(=O)CN(c1ccc(Cl)cc1)S(=O)(=O)c1ccc(OC)cc1. The molecule has 220 valence electrons. The average Bonchev–Trinajstić information content (AvgIpc) is 2.93. The van der Waals surface area contributed by atoms with Crippen LogP contribution < -0.4 is 14.4 Å². The summed E-state index contributed by atoms with van der Waals surface area (Å²) in [7, 11) is -2.77. The van der Waals surface area contributed by atoms with Crippen LogP contribution in [0.25, 0.3) is 0 Å². The summed E-state index contributed by atoms with van der Waals surface area (Å²) in [6.45, 7) is 4.67. The van der Waals surface area contributed by atoms with E-state index in [4.69, 9.17) is 39.5 Å². The molecule has 8 nitrogen and oxygen atoms in total. The smallest absolute Gasteiger partial charge is 0.264 e. The molecule has 1 atom stereocenters. The molecule has 0 aliphatic heterocycles. The first-order chi connectivity index (χ1) is 19.4. The molecule has 12 heteroatoms. The average molecular weight is 641 g/mol. The Bertz CT molecular complexity index is 1450. The predicted molar refractivity (Wildman–Crippen MR) is 163 cm³/mol. The van der Waals surface area contributed by atoms with Crippen LogP contribution in [0.3, 0.4) is 0 Å². The van der Waals surface area contributed by atoms with Crippen molar-refractivity contribution in [2.75, 3.05) is 18.0 Å².